The molecule has 4 heteroatoms. The molecule has 0 amide bonds. The molecule has 0 spiro atoms. The van der Waals surface area contributed by atoms with E-state index >= 15 is 0 Å². The van der Waals surface area contributed by atoms with E-state index in [9.17, 15) is 0 Å². The van der Waals surface area contributed by atoms with Crippen LogP contribution in [0.4, 0.5) is 0 Å². The van der Waals surface area contributed by atoms with Gasteiger partial charge in [-0.25, -0.2) is 0 Å². The summed E-state index contributed by atoms with van der Waals surface area (Å²) in [4.78, 5) is 1.41. The zero-order chi connectivity index (χ0) is 13.5. The van der Waals surface area contributed by atoms with Gasteiger partial charge in [0.15, 0.2) is 0 Å². The number of methoxy groups -OCH3 is 1. The van der Waals surface area contributed by atoms with Crippen LogP contribution in [0.15, 0.2) is 40.2 Å². The van der Waals surface area contributed by atoms with Crippen molar-refractivity contribution in [2.24, 2.45) is 0 Å². The van der Waals surface area contributed by atoms with Crippen molar-refractivity contribution in [3.05, 3.63) is 56.2 Å². The highest BCUT2D eigenvalue weighted by Gasteiger charge is 1.98. The molecule has 1 heterocycles. The lowest BCUT2D eigenvalue weighted by Crippen LogP contribution is -2.16. The summed E-state index contributed by atoms with van der Waals surface area (Å²) >= 11 is 5.29. The van der Waals surface area contributed by atoms with Gasteiger partial charge in [-0.15, -0.1) is 11.3 Å². The second kappa shape index (κ2) is 7.80. The third-order valence-corrected chi connectivity index (χ3v) is 4.52. The van der Waals surface area contributed by atoms with Crippen LogP contribution in [-0.2, 0) is 24.3 Å². The number of hydrogen-bond acceptors (Lipinski definition) is 3. The van der Waals surface area contributed by atoms with Crippen molar-refractivity contribution in [3.63, 3.8) is 0 Å². The highest BCUT2D eigenvalue weighted by molar-refractivity contribution is 9.11. The van der Waals surface area contributed by atoms with Gasteiger partial charge in [0.05, 0.1) is 10.4 Å². The molecule has 2 rings (SSSR count). The summed E-state index contributed by atoms with van der Waals surface area (Å²) in [6.45, 7) is 2.60. The Hall–Kier alpha value is -0.680. The maximum Gasteiger partial charge on any atom is 0.0713 e. The van der Waals surface area contributed by atoms with Gasteiger partial charge in [0.25, 0.3) is 0 Å². The first-order chi connectivity index (χ1) is 9.28. The average molecular weight is 340 g/mol. The molecule has 19 heavy (non-hydrogen) atoms. The number of benzene rings is 1. The maximum absolute atomic E-state index is 5.10. The average Bonchev–Trinajstić information content (AvgIpc) is 2.83. The Labute approximate surface area is 126 Å². The van der Waals surface area contributed by atoms with Crippen molar-refractivity contribution in [1.29, 1.82) is 0 Å². The van der Waals surface area contributed by atoms with E-state index < -0.39 is 0 Å². The molecule has 102 valence electrons. The van der Waals surface area contributed by atoms with Crippen molar-refractivity contribution in [1.82, 2.24) is 5.32 Å². The highest BCUT2D eigenvalue weighted by Crippen LogP contribution is 2.22. The van der Waals surface area contributed by atoms with Crippen LogP contribution in [0.25, 0.3) is 0 Å². The largest absolute Gasteiger partial charge is 0.380 e. The first kappa shape index (κ1) is 14.7. The minimum Gasteiger partial charge on any atom is -0.380 e. The minimum absolute atomic E-state index is 0.682. The zero-order valence-corrected chi connectivity index (χ0v) is 13.4. The van der Waals surface area contributed by atoms with Crippen molar-refractivity contribution in [2.45, 2.75) is 19.6 Å². The Morgan fingerprint density at radius 3 is 2.47 bits per heavy atom. The molecular weight excluding hydrogens is 322 g/mol. The first-order valence-corrected chi connectivity index (χ1v) is 7.90. The lowest BCUT2D eigenvalue weighted by molar-refractivity contribution is 0.185. The fraction of sp³-hybridized carbons (Fsp3) is 0.333. The number of ether oxygens (including phenoxy) is 1. The molecule has 1 aromatic carbocycles. The third-order valence-electron chi connectivity index (χ3n) is 2.84. The smallest absolute Gasteiger partial charge is 0.0713 e. The topological polar surface area (TPSA) is 21.3 Å². The van der Waals surface area contributed by atoms with E-state index in [2.05, 4.69) is 57.6 Å². The van der Waals surface area contributed by atoms with Crippen LogP contribution in [0, 0.1) is 0 Å². The van der Waals surface area contributed by atoms with Gasteiger partial charge in [0.2, 0.25) is 0 Å². The normalized spacial score (nSPS) is 10.8. The lowest BCUT2D eigenvalue weighted by Gasteiger charge is -2.05. The van der Waals surface area contributed by atoms with E-state index in [0.29, 0.717) is 6.61 Å². The third kappa shape index (κ3) is 5.07. The number of hydrogen-bond donors (Lipinski definition) is 1. The van der Waals surface area contributed by atoms with Crippen molar-refractivity contribution < 1.29 is 4.74 Å². The molecule has 0 radical (unpaired) electrons. The summed E-state index contributed by atoms with van der Waals surface area (Å²) in [5, 5.41) is 3.47. The van der Waals surface area contributed by atoms with E-state index in [1.54, 1.807) is 18.4 Å². The Morgan fingerprint density at radius 1 is 1.11 bits per heavy atom. The van der Waals surface area contributed by atoms with E-state index in [-0.39, 0.29) is 0 Å². The summed E-state index contributed by atoms with van der Waals surface area (Å²) in [5.74, 6) is 0. The number of nitrogens with one attached hydrogen (secondary N) is 1. The fourth-order valence-corrected chi connectivity index (χ4v) is 3.33. The van der Waals surface area contributed by atoms with Crippen molar-refractivity contribution in [2.75, 3.05) is 13.7 Å². The monoisotopic (exact) mass is 339 g/mol. The molecule has 0 fully saturated rings. The maximum atomic E-state index is 5.10. The van der Waals surface area contributed by atoms with Gasteiger partial charge in [0, 0.05) is 25.1 Å². The summed E-state index contributed by atoms with van der Waals surface area (Å²) in [6, 6.07) is 12.8. The summed E-state index contributed by atoms with van der Waals surface area (Å²) in [7, 11) is 1.72. The first-order valence-electron chi connectivity index (χ1n) is 6.29. The van der Waals surface area contributed by atoms with Gasteiger partial charge in [-0.2, -0.15) is 0 Å². The molecule has 2 nitrogen and oxygen atoms in total. The predicted molar refractivity (Wildman–Crippen MR) is 84.6 cm³/mol. The van der Waals surface area contributed by atoms with Gasteiger partial charge < -0.3 is 10.1 Å². The summed E-state index contributed by atoms with van der Waals surface area (Å²) < 4.78 is 6.30. The van der Waals surface area contributed by atoms with Crippen LogP contribution >= 0.6 is 27.3 Å². The SMILES string of the molecule is COCc1ccc(CNCCc2ccc(Br)s2)cc1. The number of halogens is 1. The van der Waals surface area contributed by atoms with E-state index in [1.807, 2.05) is 0 Å². The van der Waals surface area contributed by atoms with Crippen molar-refractivity contribution >= 4 is 27.3 Å². The van der Waals surface area contributed by atoms with Crippen LogP contribution < -0.4 is 5.32 Å². The summed E-state index contributed by atoms with van der Waals surface area (Å²) in [5.41, 5.74) is 2.53. The Balaban J connectivity index is 1.70. The van der Waals surface area contributed by atoms with Gasteiger partial charge >= 0.3 is 0 Å². The molecule has 0 unspecified atom stereocenters. The molecule has 0 aliphatic carbocycles. The van der Waals surface area contributed by atoms with E-state index in [0.717, 1.165) is 19.5 Å². The number of thiophene rings is 1. The van der Waals surface area contributed by atoms with Crippen molar-refractivity contribution in [3.8, 4) is 0 Å². The van der Waals surface area contributed by atoms with Crippen LogP contribution in [0.3, 0.4) is 0 Å². The standard InChI is InChI=1S/C15H18BrNOS/c1-18-11-13-4-2-12(3-5-13)10-17-9-8-14-6-7-15(16)19-14/h2-7,17H,8-11H2,1H3. The second-order valence-electron chi connectivity index (χ2n) is 4.38. The lowest BCUT2D eigenvalue weighted by atomic mass is 10.1. The van der Waals surface area contributed by atoms with Crippen LogP contribution in [0.2, 0.25) is 0 Å². The van der Waals surface area contributed by atoms with Gasteiger partial charge in [-0.05, 0) is 45.6 Å². The number of rotatable bonds is 7. The Kier molecular flexibility index (Phi) is 6.04. The van der Waals surface area contributed by atoms with Crippen LogP contribution in [-0.4, -0.2) is 13.7 Å². The summed E-state index contributed by atoms with van der Waals surface area (Å²) in [6.07, 6.45) is 1.08. The zero-order valence-electron chi connectivity index (χ0n) is 11.0. The Bertz CT molecular complexity index is 495. The molecule has 1 N–H and O–H groups in total. The van der Waals surface area contributed by atoms with Gasteiger partial charge in [-0.1, -0.05) is 24.3 Å². The molecule has 0 aliphatic heterocycles. The van der Waals surface area contributed by atoms with Crippen LogP contribution in [0.1, 0.15) is 16.0 Å². The molecule has 0 saturated heterocycles. The van der Waals surface area contributed by atoms with E-state index in [4.69, 9.17) is 4.74 Å². The minimum atomic E-state index is 0.682. The Morgan fingerprint density at radius 2 is 1.84 bits per heavy atom. The van der Waals surface area contributed by atoms with Crippen LogP contribution in [0.5, 0.6) is 0 Å². The molecular formula is C15H18BrNOS. The van der Waals surface area contributed by atoms with E-state index in [1.165, 1.54) is 19.8 Å². The quantitative estimate of drug-likeness (QED) is 0.770. The molecule has 1 aromatic heterocycles. The second-order valence-corrected chi connectivity index (χ2v) is 6.93. The molecule has 0 saturated carbocycles. The highest BCUT2D eigenvalue weighted by atomic mass is 79.9. The molecule has 0 atom stereocenters. The molecule has 0 bridgehead atoms. The van der Waals surface area contributed by atoms with Gasteiger partial charge in [0.1, 0.15) is 0 Å². The van der Waals surface area contributed by atoms with Gasteiger partial charge in [-0.3, -0.25) is 0 Å². The predicted octanol–water partition coefficient (Wildman–Crippen LogP) is 3.99. The molecule has 0 aliphatic rings. The fourth-order valence-electron chi connectivity index (χ4n) is 1.85. The molecule has 2 aromatic rings.